The van der Waals surface area contributed by atoms with Crippen LogP contribution in [0.3, 0.4) is 0 Å². The van der Waals surface area contributed by atoms with Crippen LogP contribution in [-0.4, -0.2) is 4.57 Å². The molecule has 2 heteroatoms. The van der Waals surface area contributed by atoms with Gasteiger partial charge in [0.1, 0.15) is 12.4 Å². The van der Waals surface area contributed by atoms with Crippen LogP contribution in [0.2, 0.25) is 0 Å². The molecule has 0 N–H and O–H groups in total. The van der Waals surface area contributed by atoms with E-state index < -0.39 is 0 Å². The number of hydrogen-bond donors (Lipinski definition) is 0. The average Bonchev–Trinajstić information content (AvgIpc) is 3.43. The van der Waals surface area contributed by atoms with Crippen molar-refractivity contribution >= 4 is 0 Å². The van der Waals surface area contributed by atoms with Gasteiger partial charge in [-0.15, -0.1) is 0 Å². The number of unbranched alkanes of at least 4 members (excludes halogenated alkanes) is 31. The minimum absolute atomic E-state index is 1.23. The maximum atomic E-state index is 2.64. The van der Waals surface area contributed by atoms with Gasteiger partial charge in [0.15, 0.2) is 0 Å². The molecule has 0 fully saturated rings. The highest BCUT2D eigenvalue weighted by molar-refractivity contribution is 4.84. The quantitative estimate of drug-likeness (QED) is 0.0511. The van der Waals surface area contributed by atoms with Gasteiger partial charge in [-0.2, -0.15) is 0 Å². The summed E-state index contributed by atoms with van der Waals surface area (Å²) in [6.07, 6.45) is 54.9. The summed E-state index contributed by atoms with van der Waals surface area (Å²) in [7, 11) is 0. The standard InChI is InChI=1S/C43H85N2/c1-4-7-10-13-16-19-21-22-23-24-26-28-31-34-37-40-45-42-41-44(43(45)38-35-32-29-18-15-12-9-6-3)39-36-33-30-27-25-20-17-14-11-8-5-2/h41-42H,4-40H2,1-3H3/q+1. The van der Waals surface area contributed by atoms with E-state index in [1.54, 1.807) is 5.82 Å². The van der Waals surface area contributed by atoms with Crippen molar-refractivity contribution in [2.75, 3.05) is 0 Å². The zero-order valence-electron chi connectivity index (χ0n) is 31.7. The van der Waals surface area contributed by atoms with Gasteiger partial charge in [-0.1, -0.05) is 207 Å². The van der Waals surface area contributed by atoms with Crippen LogP contribution in [0.1, 0.15) is 245 Å². The minimum Gasteiger partial charge on any atom is -0.234 e. The molecule has 0 aliphatic carbocycles. The van der Waals surface area contributed by atoms with Crippen molar-refractivity contribution in [2.45, 2.75) is 259 Å². The molecule has 1 heterocycles. The largest absolute Gasteiger partial charge is 0.256 e. The third-order valence-electron chi connectivity index (χ3n) is 10.3. The van der Waals surface area contributed by atoms with E-state index in [4.69, 9.17) is 0 Å². The van der Waals surface area contributed by atoms with Crippen molar-refractivity contribution < 1.29 is 4.57 Å². The van der Waals surface area contributed by atoms with E-state index in [9.17, 15) is 0 Å². The first-order valence-corrected chi connectivity index (χ1v) is 21.4. The van der Waals surface area contributed by atoms with Crippen molar-refractivity contribution in [1.29, 1.82) is 0 Å². The highest BCUT2D eigenvalue weighted by Crippen LogP contribution is 2.16. The monoisotopic (exact) mass is 630 g/mol. The summed E-state index contributed by atoms with van der Waals surface area (Å²) in [5.41, 5.74) is 0. The SMILES string of the molecule is CCCCCCCCCCCCCCCCCn1cc[n+](CCCCCCCCCCCCC)c1CCCCCCCCCC. The Labute approximate surface area is 285 Å². The zero-order chi connectivity index (χ0) is 32.3. The first kappa shape index (κ1) is 42.2. The molecule has 0 saturated carbocycles. The Morgan fingerprint density at radius 3 is 1.07 bits per heavy atom. The van der Waals surface area contributed by atoms with Crippen LogP contribution < -0.4 is 4.57 Å². The zero-order valence-corrected chi connectivity index (χ0v) is 31.7. The van der Waals surface area contributed by atoms with E-state index in [-0.39, 0.29) is 0 Å². The van der Waals surface area contributed by atoms with Gasteiger partial charge in [0.2, 0.25) is 0 Å². The summed E-state index contributed by atoms with van der Waals surface area (Å²) in [5, 5.41) is 0. The van der Waals surface area contributed by atoms with E-state index in [1.807, 2.05) is 0 Å². The fourth-order valence-corrected chi connectivity index (χ4v) is 7.21. The Morgan fingerprint density at radius 1 is 0.378 bits per heavy atom. The fourth-order valence-electron chi connectivity index (χ4n) is 7.21. The molecular formula is C43H85N2+. The lowest BCUT2D eigenvalue weighted by Crippen LogP contribution is -2.37. The van der Waals surface area contributed by atoms with Crippen molar-refractivity contribution in [3.05, 3.63) is 18.2 Å². The van der Waals surface area contributed by atoms with Gasteiger partial charge in [0, 0.05) is 6.42 Å². The van der Waals surface area contributed by atoms with Crippen LogP contribution in [0.25, 0.3) is 0 Å². The molecule has 0 atom stereocenters. The van der Waals surface area contributed by atoms with Crippen LogP contribution >= 0.6 is 0 Å². The predicted octanol–water partition coefficient (Wildman–Crippen LogP) is 14.6. The van der Waals surface area contributed by atoms with E-state index >= 15 is 0 Å². The molecule has 2 nitrogen and oxygen atoms in total. The smallest absolute Gasteiger partial charge is 0.234 e. The maximum Gasteiger partial charge on any atom is 0.256 e. The summed E-state index contributed by atoms with van der Waals surface area (Å²) in [6, 6.07) is 0. The summed E-state index contributed by atoms with van der Waals surface area (Å²) >= 11 is 0. The molecule has 0 radical (unpaired) electrons. The van der Waals surface area contributed by atoms with Crippen LogP contribution in [0.5, 0.6) is 0 Å². The Hall–Kier alpha value is -0.790. The Balaban J connectivity index is 2.24. The van der Waals surface area contributed by atoms with Crippen molar-refractivity contribution in [3.8, 4) is 0 Å². The molecule has 0 bridgehead atoms. The normalized spacial score (nSPS) is 11.6. The second kappa shape index (κ2) is 34.5. The van der Waals surface area contributed by atoms with Gasteiger partial charge in [-0.3, -0.25) is 0 Å². The van der Waals surface area contributed by atoms with Crippen LogP contribution in [0.15, 0.2) is 12.4 Å². The van der Waals surface area contributed by atoms with Crippen molar-refractivity contribution in [3.63, 3.8) is 0 Å². The van der Waals surface area contributed by atoms with Gasteiger partial charge in [-0.25, -0.2) is 9.13 Å². The second-order valence-corrected chi connectivity index (χ2v) is 14.8. The second-order valence-electron chi connectivity index (χ2n) is 14.8. The molecule has 45 heavy (non-hydrogen) atoms. The molecule has 1 aromatic rings. The molecule has 0 unspecified atom stereocenters. The number of rotatable bonds is 37. The van der Waals surface area contributed by atoms with Gasteiger partial charge >= 0.3 is 0 Å². The molecule has 1 aromatic heterocycles. The Kier molecular flexibility index (Phi) is 32.4. The first-order chi connectivity index (χ1) is 22.3. The molecule has 0 aliphatic rings. The molecular weight excluding hydrogens is 544 g/mol. The van der Waals surface area contributed by atoms with E-state index in [0.717, 1.165) is 0 Å². The number of aromatic nitrogens is 2. The molecule has 0 aliphatic heterocycles. The third kappa shape index (κ3) is 26.9. The molecule has 0 spiro atoms. The van der Waals surface area contributed by atoms with Crippen LogP contribution in [0.4, 0.5) is 0 Å². The highest BCUT2D eigenvalue weighted by atomic mass is 15.1. The van der Waals surface area contributed by atoms with E-state index in [2.05, 4.69) is 42.3 Å². The summed E-state index contributed by atoms with van der Waals surface area (Å²) in [5.74, 6) is 1.62. The third-order valence-corrected chi connectivity index (χ3v) is 10.3. The lowest BCUT2D eigenvalue weighted by Gasteiger charge is -2.07. The van der Waals surface area contributed by atoms with Crippen molar-refractivity contribution in [2.24, 2.45) is 0 Å². The lowest BCUT2D eigenvalue weighted by atomic mass is 10.0. The highest BCUT2D eigenvalue weighted by Gasteiger charge is 2.16. The van der Waals surface area contributed by atoms with E-state index in [1.165, 1.54) is 238 Å². The van der Waals surface area contributed by atoms with E-state index in [0.29, 0.717) is 0 Å². The summed E-state index contributed by atoms with van der Waals surface area (Å²) < 4.78 is 5.28. The molecule has 0 amide bonds. The van der Waals surface area contributed by atoms with Crippen LogP contribution in [0, 0.1) is 0 Å². The molecule has 0 aromatic carbocycles. The molecule has 0 saturated heterocycles. The van der Waals surface area contributed by atoms with Gasteiger partial charge in [0.05, 0.1) is 13.1 Å². The van der Waals surface area contributed by atoms with Gasteiger partial charge < -0.3 is 0 Å². The van der Waals surface area contributed by atoms with Crippen molar-refractivity contribution in [1.82, 2.24) is 4.57 Å². The van der Waals surface area contributed by atoms with Gasteiger partial charge in [-0.05, 0) is 32.1 Å². The fraction of sp³-hybridized carbons (Fsp3) is 0.930. The topological polar surface area (TPSA) is 8.81 Å². The van der Waals surface area contributed by atoms with Gasteiger partial charge in [0.25, 0.3) is 5.82 Å². The molecule has 1 rings (SSSR count). The van der Waals surface area contributed by atoms with Crippen LogP contribution in [-0.2, 0) is 19.5 Å². The number of aryl methyl sites for hydroxylation is 2. The summed E-state index contributed by atoms with van der Waals surface area (Å²) in [6.45, 7) is 9.41. The first-order valence-electron chi connectivity index (χ1n) is 21.4. The maximum absolute atomic E-state index is 2.64. The molecule has 266 valence electrons. The average molecular weight is 630 g/mol. The minimum atomic E-state index is 1.23. The Bertz CT molecular complexity index is 692. The predicted molar refractivity (Wildman–Crippen MR) is 202 cm³/mol. The number of imidazole rings is 1. The summed E-state index contributed by atoms with van der Waals surface area (Å²) in [4.78, 5) is 0. The Morgan fingerprint density at radius 2 is 0.689 bits per heavy atom. The number of hydrogen-bond acceptors (Lipinski definition) is 0. The number of nitrogens with zero attached hydrogens (tertiary/aromatic N) is 2. The lowest BCUT2D eigenvalue weighted by molar-refractivity contribution is -0.704.